The van der Waals surface area contributed by atoms with Crippen molar-refractivity contribution < 1.29 is 18.7 Å². The van der Waals surface area contributed by atoms with Crippen LogP contribution in [0.25, 0.3) is 22.3 Å². The fourth-order valence-corrected chi connectivity index (χ4v) is 4.31. The van der Waals surface area contributed by atoms with Crippen LogP contribution in [0.3, 0.4) is 0 Å². The van der Waals surface area contributed by atoms with E-state index in [0.29, 0.717) is 22.6 Å². The zero-order valence-electron chi connectivity index (χ0n) is 20.8. The van der Waals surface area contributed by atoms with Crippen LogP contribution in [-0.4, -0.2) is 23.9 Å². The van der Waals surface area contributed by atoms with Gasteiger partial charge in [0.25, 0.3) is 5.91 Å². The first-order valence-corrected chi connectivity index (χ1v) is 11.6. The minimum Gasteiger partial charge on any atom is -0.496 e. The van der Waals surface area contributed by atoms with E-state index in [4.69, 9.17) is 16.2 Å². The number of methoxy groups -OCH3 is 1. The Bertz CT molecular complexity index is 1500. The van der Waals surface area contributed by atoms with Crippen molar-refractivity contribution in [3.63, 3.8) is 0 Å². The fourth-order valence-electron chi connectivity index (χ4n) is 4.31. The lowest BCUT2D eigenvalue weighted by Gasteiger charge is -2.17. The minimum atomic E-state index is -0.614. The van der Waals surface area contributed by atoms with Crippen LogP contribution < -0.4 is 21.5 Å². The smallest absolute Gasteiger partial charge is 0.274 e. The van der Waals surface area contributed by atoms with Crippen molar-refractivity contribution in [2.24, 2.45) is 11.5 Å². The maximum Gasteiger partial charge on any atom is 0.274 e. The summed E-state index contributed by atoms with van der Waals surface area (Å²) in [6.45, 7) is 3.93. The first-order valence-electron chi connectivity index (χ1n) is 11.6. The van der Waals surface area contributed by atoms with Gasteiger partial charge in [-0.15, -0.1) is 0 Å². The molecule has 0 aliphatic carbocycles. The van der Waals surface area contributed by atoms with Gasteiger partial charge in [0, 0.05) is 24.0 Å². The Balaban J connectivity index is 1.70. The molecule has 0 bridgehead atoms. The second-order valence-corrected chi connectivity index (χ2v) is 8.55. The van der Waals surface area contributed by atoms with Crippen molar-refractivity contribution in [1.82, 2.24) is 4.98 Å². The first-order chi connectivity index (χ1) is 17.7. The molecular formula is C29H27FN4O3. The number of rotatable bonds is 7. The molecular weight excluding hydrogens is 471 g/mol. The predicted molar refractivity (Wildman–Crippen MR) is 142 cm³/mol. The number of nitrogens with zero attached hydrogens (tertiary/aromatic N) is 1. The second kappa shape index (κ2) is 10.6. The molecule has 0 saturated carbocycles. The van der Waals surface area contributed by atoms with Crippen LogP contribution in [0.4, 0.5) is 10.1 Å². The molecule has 7 nitrogen and oxygen atoms in total. The molecule has 0 unspecified atom stereocenters. The number of amides is 2. The maximum atomic E-state index is 14.8. The molecule has 0 spiro atoms. The SMILES string of the molecule is COc1cc(-c2cccc(-c3cccc(NC(=O)c4ccc(C(N)=O)cn4)c3C)c2C)cc(F)c1CN. The van der Waals surface area contributed by atoms with Gasteiger partial charge in [-0.1, -0.05) is 30.3 Å². The summed E-state index contributed by atoms with van der Waals surface area (Å²) in [6.07, 6.45) is 1.27. The number of carbonyl (C=O) groups excluding carboxylic acids is 2. The van der Waals surface area contributed by atoms with Crippen molar-refractivity contribution in [2.45, 2.75) is 20.4 Å². The molecule has 188 valence electrons. The number of pyridine rings is 1. The van der Waals surface area contributed by atoms with Crippen LogP contribution in [0.1, 0.15) is 37.5 Å². The zero-order valence-corrected chi connectivity index (χ0v) is 20.8. The molecule has 5 N–H and O–H groups in total. The third kappa shape index (κ3) is 5.05. The Hall–Kier alpha value is -4.56. The molecule has 0 fully saturated rings. The predicted octanol–water partition coefficient (Wildman–Crippen LogP) is 4.99. The number of hydrogen-bond donors (Lipinski definition) is 3. The number of benzene rings is 3. The molecule has 2 amide bonds. The quantitative estimate of drug-likeness (QED) is 0.332. The van der Waals surface area contributed by atoms with Crippen LogP contribution >= 0.6 is 0 Å². The fraction of sp³-hybridized carbons (Fsp3) is 0.138. The van der Waals surface area contributed by atoms with Gasteiger partial charge < -0.3 is 21.5 Å². The number of nitrogens with one attached hydrogen (secondary N) is 1. The monoisotopic (exact) mass is 498 g/mol. The molecule has 37 heavy (non-hydrogen) atoms. The summed E-state index contributed by atoms with van der Waals surface area (Å²) in [5.41, 5.74) is 17.5. The Morgan fingerprint density at radius 3 is 2.27 bits per heavy atom. The number of halogens is 1. The molecule has 4 rings (SSSR count). The third-order valence-electron chi connectivity index (χ3n) is 6.38. The van der Waals surface area contributed by atoms with Crippen LogP contribution in [0.15, 0.2) is 66.9 Å². The number of hydrogen-bond acceptors (Lipinski definition) is 5. The van der Waals surface area contributed by atoms with E-state index < -0.39 is 17.6 Å². The Morgan fingerprint density at radius 2 is 1.65 bits per heavy atom. The number of carbonyl (C=O) groups is 2. The van der Waals surface area contributed by atoms with Gasteiger partial charge in [-0.3, -0.25) is 14.6 Å². The van der Waals surface area contributed by atoms with E-state index in [-0.39, 0.29) is 17.8 Å². The van der Waals surface area contributed by atoms with Gasteiger partial charge in [0.2, 0.25) is 5.91 Å². The molecule has 4 aromatic rings. The van der Waals surface area contributed by atoms with Crippen LogP contribution in [0.5, 0.6) is 5.75 Å². The molecule has 0 aliphatic rings. The van der Waals surface area contributed by atoms with Gasteiger partial charge in [0.05, 0.1) is 12.7 Å². The average Bonchev–Trinajstić information content (AvgIpc) is 2.89. The van der Waals surface area contributed by atoms with Gasteiger partial charge in [-0.25, -0.2) is 4.39 Å². The second-order valence-electron chi connectivity index (χ2n) is 8.55. The van der Waals surface area contributed by atoms with E-state index in [0.717, 1.165) is 27.8 Å². The van der Waals surface area contributed by atoms with E-state index in [1.165, 1.54) is 31.5 Å². The van der Waals surface area contributed by atoms with E-state index in [9.17, 15) is 14.0 Å². The Labute approximate surface area is 214 Å². The van der Waals surface area contributed by atoms with Gasteiger partial charge >= 0.3 is 0 Å². The van der Waals surface area contributed by atoms with Gasteiger partial charge in [-0.05, 0) is 77.6 Å². The number of primary amides is 1. The lowest BCUT2D eigenvalue weighted by molar-refractivity contribution is 0.0993. The van der Waals surface area contributed by atoms with Crippen molar-refractivity contribution in [1.29, 1.82) is 0 Å². The molecule has 0 radical (unpaired) electrons. The summed E-state index contributed by atoms with van der Waals surface area (Å²) in [5.74, 6) is -1.04. The van der Waals surface area contributed by atoms with Gasteiger partial charge in [-0.2, -0.15) is 0 Å². The number of ether oxygens (including phenoxy) is 1. The summed E-state index contributed by atoms with van der Waals surface area (Å²) < 4.78 is 20.1. The van der Waals surface area contributed by atoms with Crippen molar-refractivity contribution in [3.05, 3.63) is 101 Å². The number of aromatic nitrogens is 1. The van der Waals surface area contributed by atoms with Gasteiger partial charge in [0.15, 0.2) is 0 Å². The van der Waals surface area contributed by atoms with E-state index in [2.05, 4.69) is 10.3 Å². The highest BCUT2D eigenvalue weighted by Crippen LogP contribution is 2.37. The highest BCUT2D eigenvalue weighted by atomic mass is 19.1. The largest absolute Gasteiger partial charge is 0.496 e. The molecule has 1 heterocycles. The molecule has 1 aromatic heterocycles. The summed E-state index contributed by atoms with van der Waals surface area (Å²) in [7, 11) is 1.49. The van der Waals surface area contributed by atoms with Crippen molar-refractivity contribution in [2.75, 3.05) is 12.4 Å². The van der Waals surface area contributed by atoms with Crippen LogP contribution in [0, 0.1) is 19.7 Å². The number of anilines is 1. The summed E-state index contributed by atoms with van der Waals surface area (Å²) in [4.78, 5) is 28.1. The summed E-state index contributed by atoms with van der Waals surface area (Å²) >= 11 is 0. The average molecular weight is 499 g/mol. The zero-order chi connectivity index (χ0) is 26.7. The highest BCUT2D eigenvalue weighted by Gasteiger charge is 2.17. The number of nitrogens with two attached hydrogens (primary N) is 2. The molecule has 0 saturated heterocycles. The normalized spacial score (nSPS) is 10.7. The van der Waals surface area contributed by atoms with Crippen molar-refractivity contribution in [3.8, 4) is 28.0 Å². The van der Waals surface area contributed by atoms with Crippen LogP contribution in [0.2, 0.25) is 0 Å². The molecule has 8 heteroatoms. The van der Waals surface area contributed by atoms with E-state index in [1.807, 2.05) is 44.2 Å². The highest BCUT2D eigenvalue weighted by molar-refractivity contribution is 6.04. The van der Waals surface area contributed by atoms with Gasteiger partial charge in [0.1, 0.15) is 17.3 Å². The maximum absolute atomic E-state index is 14.8. The van der Waals surface area contributed by atoms with E-state index >= 15 is 0 Å². The first kappa shape index (κ1) is 25.5. The molecule has 3 aromatic carbocycles. The Morgan fingerprint density at radius 1 is 0.973 bits per heavy atom. The third-order valence-corrected chi connectivity index (χ3v) is 6.38. The summed E-state index contributed by atoms with van der Waals surface area (Å²) in [5, 5.41) is 2.89. The standard InChI is InChI=1S/C29H27FN4O3/c1-16-20(19-12-24(30)23(14-31)27(13-19)37-3)6-4-7-21(16)22-8-5-9-25(17(22)2)34-29(36)26-11-10-18(15-33-26)28(32)35/h4-13,15H,14,31H2,1-3H3,(H2,32,35)(H,34,36). The van der Waals surface area contributed by atoms with Crippen molar-refractivity contribution >= 4 is 17.5 Å². The Kier molecular flexibility index (Phi) is 7.31. The van der Waals surface area contributed by atoms with Crippen LogP contribution in [-0.2, 0) is 6.54 Å². The van der Waals surface area contributed by atoms with E-state index in [1.54, 1.807) is 12.1 Å². The topological polar surface area (TPSA) is 120 Å². The minimum absolute atomic E-state index is 0.0385. The summed E-state index contributed by atoms with van der Waals surface area (Å²) in [6, 6.07) is 17.6. The molecule has 0 atom stereocenters. The molecule has 0 aliphatic heterocycles. The lowest BCUT2D eigenvalue weighted by Crippen LogP contribution is -2.16. The lowest BCUT2D eigenvalue weighted by atomic mass is 9.90.